The van der Waals surface area contributed by atoms with Gasteiger partial charge in [0.15, 0.2) is 5.16 Å². The first kappa shape index (κ1) is 18.7. The number of carbonyl (C=O) groups is 2. The highest BCUT2D eigenvalue weighted by molar-refractivity contribution is 8.00. The van der Waals surface area contributed by atoms with E-state index in [0.29, 0.717) is 11.0 Å². The topological polar surface area (TPSA) is 88.9 Å². The predicted molar refractivity (Wildman–Crippen MR) is 104 cm³/mol. The van der Waals surface area contributed by atoms with Crippen molar-refractivity contribution in [3.63, 3.8) is 0 Å². The molecular formula is C19H19N5O2S. The van der Waals surface area contributed by atoms with Crippen LogP contribution in [0.4, 0.5) is 4.79 Å². The van der Waals surface area contributed by atoms with Crippen LogP contribution >= 0.6 is 11.8 Å². The molecule has 1 aromatic heterocycles. The van der Waals surface area contributed by atoms with E-state index < -0.39 is 17.2 Å². The summed E-state index contributed by atoms with van der Waals surface area (Å²) in [6.45, 7) is 1.85. The zero-order valence-electron chi connectivity index (χ0n) is 14.9. The fraction of sp³-hybridized carbons (Fsp3) is 0.158. The first-order valence-corrected chi connectivity index (χ1v) is 9.19. The molecule has 0 fully saturated rings. The quantitative estimate of drug-likeness (QED) is 0.664. The molecule has 27 heavy (non-hydrogen) atoms. The molecule has 0 radical (unpaired) electrons. The highest BCUT2D eigenvalue weighted by Crippen LogP contribution is 2.35. The molecule has 0 aliphatic rings. The number of thioether (sulfide) groups is 1. The minimum absolute atomic E-state index is 0.425. The van der Waals surface area contributed by atoms with Crippen molar-refractivity contribution >= 4 is 23.7 Å². The lowest BCUT2D eigenvalue weighted by Gasteiger charge is -2.16. The smallest absolute Gasteiger partial charge is 0.321 e. The molecule has 7 nitrogen and oxygen atoms in total. The number of benzene rings is 2. The van der Waals surface area contributed by atoms with Gasteiger partial charge in [0.1, 0.15) is 11.1 Å². The lowest BCUT2D eigenvalue weighted by atomic mass is 10.1. The lowest BCUT2D eigenvalue weighted by molar-refractivity contribution is -0.119. The van der Waals surface area contributed by atoms with E-state index in [1.807, 2.05) is 72.2 Å². The molecule has 1 heterocycles. The highest BCUT2D eigenvalue weighted by atomic mass is 32.2. The van der Waals surface area contributed by atoms with Crippen LogP contribution in [-0.4, -0.2) is 33.8 Å². The number of imide groups is 1. The van der Waals surface area contributed by atoms with E-state index in [1.54, 1.807) is 0 Å². The van der Waals surface area contributed by atoms with Crippen molar-refractivity contribution in [3.8, 4) is 5.69 Å². The van der Waals surface area contributed by atoms with Crippen LogP contribution in [0, 0.1) is 6.92 Å². The second-order valence-electron chi connectivity index (χ2n) is 5.68. The summed E-state index contributed by atoms with van der Waals surface area (Å²) in [7, 11) is 1.46. The molecule has 2 aromatic carbocycles. The maximum atomic E-state index is 12.7. The number of nitrogens with zero attached hydrogens (tertiary/aromatic N) is 3. The zero-order chi connectivity index (χ0) is 19.2. The van der Waals surface area contributed by atoms with Gasteiger partial charge in [0.2, 0.25) is 5.91 Å². The molecule has 0 saturated heterocycles. The summed E-state index contributed by atoms with van der Waals surface area (Å²) >= 11 is 1.24. The van der Waals surface area contributed by atoms with Crippen LogP contribution in [0.25, 0.3) is 5.69 Å². The van der Waals surface area contributed by atoms with Crippen molar-refractivity contribution < 1.29 is 9.59 Å². The fourth-order valence-electron chi connectivity index (χ4n) is 2.54. The van der Waals surface area contributed by atoms with Crippen LogP contribution in [0.3, 0.4) is 0 Å². The molecule has 0 spiro atoms. The van der Waals surface area contributed by atoms with Gasteiger partial charge < -0.3 is 5.32 Å². The van der Waals surface area contributed by atoms with E-state index >= 15 is 0 Å². The molecule has 8 heteroatoms. The summed E-state index contributed by atoms with van der Waals surface area (Å²) in [5.74, 6) is 0.285. The minimum Gasteiger partial charge on any atom is -0.341 e. The molecule has 0 unspecified atom stereocenters. The molecule has 3 amide bonds. The molecule has 3 aromatic rings. The van der Waals surface area contributed by atoms with Crippen LogP contribution in [0.5, 0.6) is 0 Å². The number of rotatable bonds is 5. The number of para-hydroxylation sites is 1. The number of nitrogens with one attached hydrogen (secondary N) is 2. The highest BCUT2D eigenvalue weighted by Gasteiger charge is 2.26. The standard InChI is InChI=1S/C19H19N5O2S/c1-13-22-23-19(24(13)15-11-7-4-8-12-15)27-16(14-9-5-3-6-10-14)17(25)21-18(26)20-2/h3-12,16H,1-2H3,(H2,20,21,25,26)/t16-/m0/s1. The van der Waals surface area contributed by atoms with Crippen molar-refractivity contribution in [3.05, 3.63) is 72.1 Å². The SMILES string of the molecule is CNC(=O)NC(=O)[C@@H](Sc1nnc(C)n1-c1ccccc1)c1ccccc1. The number of urea groups is 1. The van der Waals surface area contributed by atoms with Crippen molar-refractivity contribution in [2.45, 2.75) is 17.3 Å². The summed E-state index contributed by atoms with van der Waals surface area (Å²) in [6, 6.07) is 18.4. The zero-order valence-corrected chi connectivity index (χ0v) is 15.7. The molecule has 1 atom stereocenters. The van der Waals surface area contributed by atoms with E-state index in [9.17, 15) is 9.59 Å². The first-order valence-electron chi connectivity index (χ1n) is 8.31. The van der Waals surface area contributed by atoms with Gasteiger partial charge in [-0.2, -0.15) is 0 Å². The molecule has 0 aliphatic carbocycles. The molecular weight excluding hydrogens is 362 g/mol. The molecule has 0 saturated carbocycles. The van der Waals surface area contributed by atoms with Gasteiger partial charge in [0, 0.05) is 12.7 Å². The van der Waals surface area contributed by atoms with E-state index in [0.717, 1.165) is 11.3 Å². The molecule has 0 bridgehead atoms. The van der Waals surface area contributed by atoms with Gasteiger partial charge in [-0.3, -0.25) is 14.7 Å². The summed E-state index contributed by atoms with van der Waals surface area (Å²) in [5, 5.41) is 13.0. The van der Waals surface area contributed by atoms with Crippen LogP contribution < -0.4 is 10.6 Å². The Bertz CT molecular complexity index is 928. The van der Waals surface area contributed by atoms with Gasteiger partial charge in [-0.15, -0.1) is 10.2 Å². The van der Waals surface area contributed by atoms with Crippen LogP contribution in [0.2, 0.25) is 0 Å². The second kappa shape index (κ2) is 8.50. The maximum absolute atomic E-state index is 12.7. The Morgan fingerprint density at radius 2 is 1.63 bits per heavy atom. The third kappa shape index (κ3) is 4.35. The van der Waals surface area contributed by atoms with Gasteiger partial charge in [0.25, 0.3) is 0 Å². The van der Waals surface area contributed by atoms with Crippen molar-refractivity contribution in [1.82, 2.24) is 25.4 Å². The average molecular weight is 381 g/mol. The monoisotopic (exact) mass is 381 g/mol. The molecule has 2 N–H and O–H groups in total. The first-order chi connectivity index (χ1) is 13.1. The normalized spacial score (nSPS) is 11.6. The van der Waals surface area contributed by atoms with Crippen molar-refractivity contribution in [1.29, 1.82) is 0 Å². The van der Waals surface area contributed by atoms with E-state index in [1.165, 1.54) is 18.8 Å². The van der Waals surface area contributed by atoms with Crippen LogP contribution in [0.15, 0.2) is 65.8 Å². The van der Waals surface area contributed by atoms with Gasteiger partial charge in [-0.25, -0.2) is 4.79 Å². The van der Waals surface area contributed by atoms with E-state index in [2.05, 4.69) is 20.8 Å². The Balaban J connectivity index is 1.96. The Kier molecular flexibility index (Phi) is 5.87. The largest absolute Gasteiger partial charge is 0.341 e. The number of hydrogen-bond acceptors (Lipinski definition) is 5. The Labute approximate surface area is 161 Å². The third-order valence-corrected chi connectivity index (χ3v) is 5.03. The van der Waals surface area contributed by atoms with Gasteiger partial charge in [-0.1, -0.05) is 60.3 Å². The third-order valence-electron chi connectivity index (χ3n) is 3.84. The number of aromatic nitrogens is 3. The Morgan fingerprint density at radius 3 is 2.26 bits per heavy atom. The minimum atomic E-state index is -0.658. The van der Waals surface area contributed by atoms with Crippen molar-refractivity contribution in [2.24, 2.45) is 0 Å². The molecule has 0 aliphatic heterocycles. The van der Waals surface area contributed by atoms with Crippen LogP contribution in [-0.2, 0) is 4.79 Å². The molecule has 3 rings (SSSR count). The number of hydrogen-bond donors (Lipinski definition) is 2. The second-order valence-corrected chi connectivity index (χ2v) is 6.75. The van der Waals surface area contributed by atoms with Crippen LogP contribution in [0.1, 0.15) is 16.6 Å². The van der Waals surface area contributed by atoms with E-state index in [-0.39, 0.29) is 0 Å². The Morgan fingerprint density at radius 1 is 1.00 bits per heavy atom. The van der Waals surface area contributed by atoms with Gasteiger partial charge >= 0.3 is 6.03 Å². The maximum Gasteiger partial charge on any atom is 0.321 e. The number of aryl methyl sites for hydroxylation is 1. The van der Waals surface area contributed by atoms with Gasteiger partial charge in [0.05, 0.1) is 0 Å². The Hall–Kier alpha value is -3.13. The summed E-state index contributed by atoms with van der Waals surface area (Å²) < 4.78 is 1.88. The number of amides is 3. The molecule has 138 valence electrons. The number of carbonyl (C=O) groups excluding carboxylic acids is 2. The summed E-state index contributed by atoms with van der Waals surface area (Å²) in [4.78, 5) is 24.3. The average Bonchev–Trinajstić information content (AvgIpc) is 3.07. The van der Waals surface area contributed by atoms with Crippen molar-refractivity contribution in [2.75, 3.05) is 7.05 Å². The summed E-state index contributed by atoms with van der Waals surface area (Å²) in [5.41, 5.74) is 1.67. The lowest BCUT2D eigenvalue weighted by Crippen LogP contribution is -2.39. The van der Waals surface area contributed by atoms with E-state index in [4.69, 9.17) is 0 Å². The predicted octanol–water partition coefficient (Wildman–Crippen LogP) is 2.86. The van der Waals surface area contributed by atoms with Gasteiger partial charge in [-0.05, 0) is 24.6 Å². The fourth-order valence-corrected chi connectivity index (χ4v) is 3.64. The summed E-state index contributed by atoms with van der Waals surface area (Å²) in [6.07, 6.45) is 0.